The first kappa shape index (κ1) is 21.2. The highest BCUT2D eigenvalue weighted by Gasteiger charge is 2.39. The predicted molar refractivity (Wildman–Crippen MR) is 108 cm³/mol. The number of carbonyl (C=O) groups excluding carboxylic acids is 2. The number of ketones is 1. The third-order valence-electron chi connectivity index (χ3n) is 4.96. The molecule has 0 aliphatic heterocycles. The van der Waals surface area contributed by atoms with Crippen LogP contribution in [0.2, 0.25) is 0 Å². The molecule has 0 fully saturated rings. The first-order valence-electron chi connectivity index (χ1n) is 9.80. The summed E-state index contributed by atoms with van der Waals surface area (Å²) in [4.78, 5) is 25.3. The molecule has 1 aliphatic carbocycles. The molecule has 3 rings (SSSR count). The average Bonchev–Trinajstić information content (AvgIpc) is 3.03. The van der Waals surface area contributed by atoms with Crippen molar-refractivity contribution in [3.8, 4) is 0 Å². The van der Waals surface area contributed by atoms with E-state index in [1.54, 1.807) is 13.8 Å². The molecule has 0 saturated carbocycles. The summed E-state index contributed by atoms with van der Waals surface area (Å²) in [5, 5.41) is 7.02. The first-order valence-corrected chi connectivity index (χ1v) is 9.80. The van der Waals surface area contributed by atoms with Crippen LogP contribution in [-0.2, 0) is 22.6 Å². The molecule has 1 heterocycles. The number of amides is 1. The fourth-order valence-corrected chi connectivity index (χ4v) is 3.42. The van der Waals surface area contributed by atoms with Crippen LogP contribution in [0.15, 0.2) is 34.9 Å². The Kier molecular flexibility index (Phi) is 5.91. The second-order valence-electron chi connectivity index (χ2n) is 9.06. The molecule has 3 N–H and O–H groups in total. The molecule has 1 amide bonds. The lowest BCUT2D eigenvalue weighted by Crippen LogP contribution is -2.50. The van der Waals surface area contributed by atoms with Crippen LogP contribution in [0.25, 0.3) is 0 Å². The van der Waals surface area contributed by atoms with Gasteiger partial charge in [-0.3, -0.25) is 9.59 Å². The van der Waals surface area contributed by atoms with Gasteiger partial charge in [-0.05, 0) is 24.8 Å². The van der Waals surface area contributed by atoms with E-state index >= 15 is 0 Å². The molecule has 0 unspecified atom stereocenters. The average molecular weight is 399 g/mol. The summed E-state index contributed by atoms with van der Waals surface area (Å²) in [6, 6.07) is 9.09. The van der Waals surface area contributed by atoms with Gasteiger partial charge in [0.25, 0.3) is 0 Å². The van der Waals surface area contributed by atoms with Crippen LogP contribution in [0.1, 0.15) is 67.5 Å². The zero-order valence-electron chi connectivity index (χ0n) is 17.5. The standard InChI is InChI=1S/C22H29N3O4/c1-21(2)10-16(26)18-17(11-21)29-25-19(18)15(24-20(27)22(3,4)23)13-28-12-14-8-6-5-7-9-14/h5-9,15H,10-13,23H2,1-4H3,(H,24,27)/t15-/m1/s1. The first-order chi connectivity index (χ1) is 13.6. The number of nitrogens with two attached hydrogens (primary N) is 1. The zero-order valence-corrected chi connectivity index (χ0v) is 17.5. The number of nitrogens with one attached hydrogen (secondary N) is 1. The van der Waals surface area contributed by atoms with Gasteiger partial charge < -0.3 is 20.3 Å². The van der Waals surface area contributed by atoms with Gasteiger partial charge >= 0.3 is 0 Å². The minimum Gasteiger partial charge on any atom is -0.374 e. The van der Waals surface area contributed by atoms with Gasteiger partial charge in [0, 0.05) is 12.8 Å². The van der Waals surface area contributed by atoms with Gasteiger partial charge in [-0.25, -0.2) is 0 Å². The van der Waals surface area contributed by atoms with Gasteiger partial charge in [-0.2, -0.15) is 0 Å². The second-order valence-corrected chi connectivity index (χ2v) is 9.06. The molecule has 0 spiro atoms. The van der Waals surface area contributed by atoms with Crippen molar-refractivity contribution in [3.63, 3.8) is 0 Å². The molecule has 1 aliphatic rings. The molecule has 1 atom stereocenters. The zero-order chi connectivity index (χ0) is 21.2. The Morgan fingerprint density at radius 1 is 1.31 bits per heavy atom. The van der Waals surface area contributed by atoms with Crippen molar-refractivity contribution in [2.45, 2.75) is 58.7 Å². The highest BCUT2D eigenvalue weighted by atomic mass is 16.5. The Morgan fingerprint density at radius 2 is 2.00 bits per heavy atom. The lowest BCUT2D eigenvalue weighted by Gasteiger charge is -2.28. The Labute approximate surface area is 171 Å². The number of hydrogen-bond donors (Lipinski definition) is 2. The number of carbonyl (C=O) groups is 2. The van der Waals surface area contributed by atoms with Gasteiger partial charge in [-0.15, -0.1) is 0 Å². The van der Waals surface area contributed by atoms with Crippen LogP contribution in [0.4, 0.5) is 0 Å². The highest BCUT2D eigenvalue weighted by molar-refractivity contribution is 5.99. The number of aromatic nitrogens is 1. The van der Waals surface area contributed by atoms with Gasteiger partial charge in [0.15, 0.2) is 5.78 Å². The van der Waals surface area contributed by atoms with Crippen LogP contribution in [-0.4, -0.2) is 29.0 Å². The number of benzene rings is 1. The van der Waals surface area contributed by atoms with Crippen LogP contribution < -0.4 is 11.1 Å². The van der Waals surface area contributed by atoms with Crippen molar-refractivity contribution in [1.29, 1.82) is 0 Å². The minimum absolute atomic E-state index is 0.0261. The molecular formula is C22H29N3O4. The molecule has 156 valence electrons. The van der Waals surface area contributed by atoms with Gasteiger partial charge in [0.1, 0.15) is 11.5 Å². The molecule has 1 aromatic heterocycles. The van der Waals surface area contributed by atoms with E-state index in [9.17, 15) is 9.59 Å². The molecule has 0 saturated heterocycles. The summed E-state index contributed by atoms with van der Waals surface area (Å²) >= 11 is 0. The molecule has 7 nitrogen and oxygen atoms in total. The van der Waals surface area contributed by atoms with E-state index in [1.807, 2.05) is 44.2 Å². The molecule has 0 bridgehead atoms. The van der Waals surface area contributed by atoms with Crippen LogP contribution >= 0.6 is 0 Å². The van der Waals surface area contributed by atoms with Crippen molar-refractivity contribution in [3.05, 3.63) is 52.9 Å². The Bertz CT molecular complexity index is 881. The maximum Gasteiger partial charge on any atom is 0.240 e. The quantitative estimate of drug-likeness (QED) is 0.741. The smallest absolute Gasteiger partial charge is 0.240 e. The number of fused-ring (bicyclic) bond motifs is 1. The van der Waals surface area contributed by atoms with E-state index in [-0.39, 0.29) is 23.7 Å². The van der Waals surface area contributed by atoms with Crippen molar-refractivity contribution in [1.82, 2.24) is 10.5 Å². The van der Waals surface area contributed by atoms with Gasteiger partial charge in [0.05, 0.1) is 30.4 Å². The molecule has 2 aromatic rings. The van der Waals surface area contributed by atoms with E-state index in [4.69, 9.17) is 15.0 Å². The topological polar surface area (TPSA) is 107 Å². The maximum absolute atomic E-state index is 12.8. The summed E-state index contributed by atoms with van der Waals surface area (Å²) in [5.74, 6) is 0.184. The molecular weight excluding hydrogens is 370 g/mol. The summed E-state index contributed by atoms with van der Waals surface area (Å²) in [6.07, 6.45) is 1.02. The SMILES string of the molecule is CC1(C)CC(=O)c2c([C@@H](COCc3ccccc3)NC(=O)C(C)(C)N)noc2C1. The second kappa shape index (κ2) is 8.08. The van der Waals surface area contributed by atoms with E-state index in [0.29, 0.717) is 36.5 Å². The predicted octanol–water partition coefficient (Wildman–Crippen LogP) is 2.94. The van der Waals surface area contributed by atoms with Crippen molar-refractivity contribution in [2.75, 3.05) is 6.61 Å². The largest absolute Gasteiger partial charge is 0.374 e. The molecule has 0 radical (unpaired) electrons. The van der Waals surface area contributed by atoms with Crippen LogP contribution in [0.5, 0.6) is 0 Å². The fourth-order valence-electron chi connectivity index (χ4n) is 3.42. The number of hydrogen-bond acceptors (Lipinski definition) is 6. The van der Waals surface area contributed by atoms with Crippen molar-refractivity contribution in [2.24, 2.45) is 11.1 Å². The number of nitrogens with zero attached hydrogens (tertiary/aromatic N) is 1. The Balaban J connectivity index is 1.83. The monoisotopic (exact) mass is 399 g/mol. The van der Waals surface area contributed by atoms with E-state index in [0.717, 1.165) is 5.56 Å². The third-order valence-corrected chi connectivity index (χ3v) is 4.96. The van der Waals surface area contributed by atoms with Crippen molar-refractivity contribution >= 4 is 11.7 Å². The Hall–Kier alpha value is -2.51. The van der Waals surface area contributed by atoms with Crippen LogP contribution in [0.3, 0.4) is 0 Å². The van der Waals surface area contributed by atoms with Crippen molar-refractivity contribution < 1.29 is 18.8 Å². The Morgan fingerprint density at radius 3 is 2.66 bits per heavy atom. The van der Waals surface area contributed by atoms with E-state index in [1.165, 1.54) is 0 Å². The summed E-state index contributed by atoms with van der Waals surface area (Å²) in [6.45, 7) is 7.81. The van der Waals surface area contributed by atoms with E-state index < -0.39 is 11.6 Å². The fraction of sp³-hybridized carbons (Fsp3) is 0.500. The third kappa shape index (κ3) is 5.10. The maximum atomic E-state index is 12.8. The number of rotatable bonds is 7. The van der Waals surface area contributed by atoms with Gasteiger partial charge in [-0.1, -0.05) is 49.3 Å². The lowest BCUT2D eigenvalue weighted by atomic mass is 9.75. The normalized spacial score (nSPS) is 16.9. The molecule has 1 aromatic carbocycles. The molecule has 7 heteroatoms. The number of Topliss-reactive ketones (excluding diaryl/α,β-unsaturated/α-hetero) is 1. The summed E-state index contributed by atoms with van der Waals surface area (Å²) in [5.41, 5.74) is 6.57. The highest BCUT2D eigenvalue weighted by Crippen LogP contribution is 2.37. The molecule has 29 heavy (non-hydrogen) atoms. The lowest BCUT2D eigenvalue weighted by molar-refractivity contribution is -0.126. The number of ether oxygens (including phenoxy) is 1. The summed E-state index contributed by atoms with van der Waals surface area (Å²) < 4.78 is 11.3. The van der Waals surface area contributed by atoms with E-state index in [2.05, 4.69) is 10.5 Å². The van der Waals surface area contributed by atoms with Gasteiger partial charge in [0.2, 0.25) is 5.91 Å². The summed E-state index contributed by atoms with van der Waals surface area (Å²) in [7, 11) is 0. The minimum atomic E-state index is -1.08. The van der Waals surface area contributed by atoms with Crippen LogP contribution in [0, 0.1) is 5.41 Å².